The molecule has 0 saturated heterocycles. The largest absolute Gasteiger partial charge is 0.383 e. The number of hydrogen-bond donors (Lipinski definition) is 2. The first-order valence-electron chi connectivity index (χ1n) is 5.15. The first kappa shape index (κ1) is 11.2. The molecular weight excluding hydrogens is 182 g/mol. The number of carbonyl (C=O) groups excluding carboxylic acids is 2. The highest BCUT2D eigenvalue weighted by Gasteiger charge is 2.32. The summed E-state index contributed by atoms with van der Waals surface area (Å²) in [4.78, 5) is 22.7. The molecule has 1 amide bonds. The normalized spacial score (nSPS) is 24.4. The third-order valence-electron chi connectivity index (χ3n) is 2.60. The molecule has 0 aliphatic heterocycles. The lowest BCUT2D eigenvalue weighted by Crippen LogP contribution is -2.43. The summed E-state index contributed by atoms with van der Waals surface area (Å²) in [6.07, 6.45) is 1.80. The van der Waals surface area contributed by atoms with Crippen LogP contribution in [0.15, 0.2) is 0 Å². The second-order valence-electron chi connectivity index (χ2n) is 3.66. The Morgan fingerprint density at radius 1 is 1.64 bits per heavy atom. The van der Waals surface area contributed by atoms with Crippen LogP contribution in [0.5, 0.6) is 0 Å². The summed E-state index contributed by atoms with van der Waals surface area (Å²) in [6, 6.07) is 0. The van der Waals surface area contributed by atoms with Crippen LogP contribution in [0, 0.1) is 5.92 Å². The van der Waals surface area contributed by atoms with Gasteiger partial charge < -0.3 is 10.4 Å². The quantitative estimate of drug-likeness (QED) is 0.684. The average Bonchev–Trinajstić information content (AvgIpc) is 2.18. The molecule has 4 nitrogen and oxygen atoms in total. The van der Waals surface area contributed by atoms with Gasteiger partial charge in [0, 0.05) is 13.0 Å². The van der Waals surface area contributed by atoms with E-state index in [1.54, 1.807) is 6.92 Å². The summed E-state index contributed by atoms with van der Waals surface area (Å²) >= 11 is 0. The molecule has 0 radical (unpaired) electrons. The fourth-order valence-corrected chi connectivity index (χ4v) is 1.81. The SMILES string of the molecule is CCNC(=O)C(O)C1CCCCC1=O. The highest BCUT2D eigenvalue weighted by atomic mass is 16.3. The number of aliphatic hydroxyl groups excluding tert-OH is 1. The van der Waals surface area contributed by atoms with Crippen LogP contribution in [0.3, 0.4) is 0 Å². The van der Waals surface area contributed by atoms with Crippen LogP contribution in [0.2, 0.25) is 0 Å². The summed E-state index contributed by atoms with van der Waals surface area (Å²) in [7, 11) is 0. The van der Waals surface area contributed by atoms with Crippen molar-refractivity contribution in [2.75, 3.05) is 6.54 Å². The van der Waals surface area contributed by atoms with Crippen LogP contribution in [0.25, 0.3) is 0 Å². The molecule has 2 unspecified atom stereocenters. The van der Waals surface area contributed by atoms with E-state index < -0.39 is 17.9 Å². The minimum absolute atomic E-state index is 0.0232. The van der Waals surface area contributed by atoms with E-state index in [0.717, 1.165) is 12.8 Å². The van der Waals surface area contributed by atoms with Crippen LogP contribution in [-0.4, -0.2) is 29.4 Å². The number of rotatable bonds is 3. The van der Waals surface area contributed by atoms with E-state index in [-0.39, 0.29) is 5.78 Å². The lowest BCUT2D eigenvalue weighted by molar-refractivity contribution is -0.140. The van der Waals surface area contributed by atoms with Gasteiger partial charge in [0.25, 0.3) is 0 Å². The van der Waals surface area contributed by atoms with Crippen molar-refractivity contribution in [1.82, 2.24) is 5.32 Å². The Morgan fingerprint density at radius 2 is 2.36 bits per heavy atom. The molecule has 1 rings (SSSR count). The minimum Gasteiger partial charge on any atom is -0.383 e. The van der Waals surface area contributed by atoms with Gasteiger partial charge in [-0.2, -0.15) is 0 Å². The monoisotopic (exact) mass is 199 g/mol. The Kier molecular flexibility index (Phi) is 4.07. The first-order valence-corrected chi connectivity index (χ1v) is 5.15. The minimum atomic E-state index is -1.15. The number of Topliss-reactive ketones (excluding diaryl/α,β-unsaturated/α-hetero) is 1. The van der Waals surface area contributed by atoms with Gasteiger partial charge in [-0.05, 0) is 19.8 Å². The van der Waals surface area contributed by atoms with Gasteiger partial charge in [0.05, 0.1) is 5.92 Å². The number of likely N-dealkylation sites (N-methyl/N-ethyl adjacent to an activating group) is 1. The summed E-state index contributed by atoms with van der Waals surface area (Å²) in [5.74, 6) is -0.877. The maximum absolute atomic E-state index is 11.4. The van der Waals surface area contributed by atoms with E-state index in [0.29, 0.717) is 19.4 Å². The van der Waals surface area contributed by atoms with E-state index in [4.69, 9.17) is 0 Å². The van der Waals surface area contributed by atoms with Crippen molar-refractivity contribution in [3.05, 3.63) is 0 Å². The molecule has 2 N–H and O–H groups in total. The second kappa shape index (κ2) is 5.10. The average molecular weight is 199 g/mol. The van der Waals surface area contributed by atoms with Gasteiger partial charge in [0.2, 0.25) is 5.91 Å². The van der Waals surface area contributed by atoms with E-state index >= 15 is 0 Å². The zero-order chi connectivity index (χ0) is 10.6. The Labute approximate surface area is 83.7 Å². The molecule has 14 heavy (non-hydrogen) atoms. The van der Waals surface area contributed by atoms with Crippen LogP contribution in [-0.2, 0) is 9.59 Å². The van der Waals surface area contributed by atoms with E-state index in [2.05, 4.69) is 5.32 Å². The van der Waals surface area contributed by atoms with Crippen molar-refractivity contribution in [2.24, 2.45) is 5.92 Å². The second-order valence-corrected chi connectivity index (χ2v) is 3.66. The number of carbonyl (C=O) groups is 2. The third kappa shape index (κ3) is 2.54. The van der Waals surface area contributed by atoms with Crippen molar-refractivity contribution < 1.29 is 14.7 Å². The lowest BCUT2D eigenvalue weighted by atomic mass is 9.84. The highest BCUT2D eigenvalue weighted by molar-refractivity contribution is 5.90. The summed E-state index contributed by atoms with van der Waals surface area (Å²) in [5.41, 5.74) is 0. The van der Waals surface area contributed by atoms with Crippen LogP contribution in [0.4, 0.5) is 0 Å². The molecule has 0 aromatic carbocycles. The Hall–Kier alpha value is -0.900. The molecule has 1 aliphatic rings. The van der Waals surface area contributed by atoms with Crippen molar-refractivity contribution in [3.63, 3.8) is 0 Å². The number of ketones is 1. The van der Waals surface area contributed by atoms with Crippen molar-refractivity contribution in [1.29, 1.82) is 0 Å². The molecule has 0 aromatic rings. The fraction of sp³-hybridized carbons (Fsp3) is 0.800. The number of hydrogen-bond acceptors (Lipinski definition) is 3. The molecule has 80 valence electrons. The van der Waals surface area contributed by atoms with Gasteiger partial charge in [0.15, 0.2) is 0 Å². The summed E-state index contributed by atoms with van der Waals surface area (Å²) < 4.78 is 0. The fourth-order valence-electron chi connectivity index (χ4n) is 1.81. The summed E-state index contributed by atoms with van der Waals surface area (Å²) in [5, 5.41) is 12.1. The first-order chi connectivity index (χ1) is 6.66. The van der Waals surface area contributed by atoms with Crippen LogP contribution < -0.4 is 5.32 Å². The predicted octanol–water partition coefficient (Wildman–Crippen LogP) is 0.243. The van der Waals surface area contributed by atoms with Gasteiger partial charge in [-0.15, -0.1) is 0 Å². The summed E-state index contributed by atoms with van der Waals surface area (Å²) in [6.45, 7) is 2.27. The molecule has 1 aliphatic carbocycles. The predicted molar refractivity (Wildman–Crippen MR) is 51.7 cm³/mol. The molecule has 0 spiro atoms. The van der Waals surface area contributed by atoms with E-state index in [1.165, 1.54) is 0 Å². The molecule has 4 heteroatoms. The number of nitrogens with one attached hydrogen (secondary N) is 1. The van der Waals surface area contributed by atoms with E-state index in [1.807, 2.05) is 0 Å². The Balaban J connectivity index is 2.53. The van der Waals surface area contributed by atoms with Gasteiger partial charge in [0.1, 0.15) is 11.9 Å². The molecular formula is C10H17NO3. The topological polar surface area (TPSA) is 66.4 Å². The lowest BCUT2D eigenvalue weighted by Gasteiger charge is -2.24. The third-order valence-corrected chi connectivity index (χ3v) is 2.60. The smallest absolute Gasteiger partial charge is 0.249 e. The Morgan fingerprint density at radius 3 is 2.93 bits per heavy atom. The van der Waals surface area contributed by atoms with Gasteiger partial charge in [-0.25, -0.2) is 0 Å². The zero-order valence-corrected chi connectivity index (χ0v) is 8.45. The van der Waals surface area contributed by atoms with Crippen LogP contribution >= 0.6 is 0 Å². The number of amides is 1. The van der Waals surface area contributed by atoms with Gasteiger partial charge >= 0.3 is 0 Å². The van der Waals surface area contributed by atoms with Crippen molar-refractivity contribution >= 4 is 11.7 Å². The molecule has 1 saturated carbocycles. The van der Waals surface area contributed by atoms with Crippen LogP contribution in [0.1, 0.15) is 32.6 Å². The maximum atomic E-state index is 11.4. The van der Waals surface area contributed by atoms with Gasteiger partial charge in [-0.3, -0.25) is 9.59 Å². The Bertz CT molecular complexity index is 227. The van der Waals surface area contributed by atoms with Crippen molar-refractivity contribution in [3.8, 4) is 0 Å². The van der Waals surface area contributed by atoms with Gasteiger partial charge in [-0.1, -0.05) is 6.42 Å². The van der Waals surface area contributed by atoms with Crippen molar-refractivity contribution in [2.45, 2.75) is 38.7 Å². The molecule has 0 aromatic heterocycles. The standard InChI is InChI=1S/C10H17NO3/c1-2-11-10(14)9(13)7-5-3-4-6-8(7)12/h7,9,13H,2-6H2,1H3,(H,11,14). The molecule has 2 atom stereocenters. The molecule has 1 fully saturated rings. The van der Waals surface area contributed by atoms with E-state index in [9.17, 15) is 14.7 Å². The molecule has 0 bridgehead atoms. The number of aliphatic hydroxyl groups is 1. The zero-order valence-electron chi connectivity index (χ0n) is 8.45. The maximum Gasteiger partial charge on any atom is 0.249 e. The highest BCUT2D eigenvalue weighted by Crippen LogP contribution is 2.23. The molecule has 0 heterocycles.